The molecule has 23 heavy (non-hydrogen) atoms. The van der Waals surface area contributed by atoms with Gasteiger partial charge in [0, 0.05) is 17.4 Å². The van der Waals surface area contributed by atoms with Gasteiger partial charge in [-0.1, -0.05) is 44.4 Å². The molecule has 0 bridgehead atoms. The molecule has 1 saturated carbocycles. The summed E-state index contributed by atoms with van der Waals surface area (Å²) in [6.07, 6.45) is 5.63. The monoisotopic (exact) mass is 334 g/mol. The van der Waals surface area contributed by atoms with Crippen LogP contribution in [0.25, 0.3) is 0 Å². The van der Waals surface area contributed by atoms with Gasteiger partial charge < -0.3 is 4.57 Å². The van der Waals surface area contributed by atoms with E-state index in [1.54, 1.807) is 0 Å². The van der Waals surface area contributed by atoms with Crippen molar-refractivity contribution in [3.8, 4) is 0 Å². The standard InChI is InChI=1S/C20H31O2P/c1-14(2)10-11-23(22,18-8-6-7-9-18)20(21)19-16(4)12-15(3)13-17(19)5/h12-14,18H,6-11H2,1-5H3. The van der Waals surface area contributed by atoms with Gasteiger partial charge in [-0.2, -0.15) is 0 Å². The molecule has 1 aromatic rings. The first-order valence-electron chi connectivity index (χ1n) is 8.97. The van der Waals surface area contributed by atoms with Gasteiger partial charge in [0.15, 0.2) is 7.14 Å². The Kier molecular flexibility index (Phi) is 5.89. The third-order valence-corrected chi connectivity index (χ3v) is 8.72. The smallest absolute Gasteiger partial charge is 0.222 e. The third kappa shape index (κ3) is 3.97. The predicted octanol–water partition coefficient (Wildman–Crippen LogP) is 6.10. The molecular formula is C20H31O2P. The van der Waals surface area contributed by atoms with Gasteiger partial charge in [-0.05, 0) is 57.1 Å². The molecule has 0 spiro atoms. The highest BCUT2D eigenvalue weighted by Crippen LogP contribution is 2.59. The Morgan fingerprint density at radius 1 is 1.13 bits per heavy atom. The van der Waals surface area contributed by atoms with E-state index in [1.165, 1.54) is 0 Å². The van der Waals surface area contributed by atoms with Crippen LogP contribution in [0.3, 0.4) is 0 Å². The number of aryl methyl sites for hydroxylation is 3. The second-order valence-electron chi connectivity index (χ2n) is 7.72. The molecule has 1 aromatic carbocycles. The molecule has 1 aliphatic carbocycles. The highest BCUT2D eigenvalue weighted by molar-refractivity contribution is 7.81. The Hall–Kier alpha value is -0.880. The molecule has 0 aromatic heterocycles. The third-order valence-electron chi connectivity index (χ3n) is 5.19. The predicted molar refractivity (Wildman–Crippen MR) is 99.2 cm³/mol. The summed E-state index contributed by atoms with van der Waals surface area (Å²) in [5.41, 5.74) is 3.93. The topological polar surface area (TPSA) is 34.1 Å². The van der Waals surface area contributed by atoms with Crippen LogP contribution in [0.1, 0.15) is 73.0 Å². The maximum Gasteiger partial charge on any atom is 0.222 e. The average molecular weight is 334 g/mol. The number of benzene rings is 1. The molecule has 1 aliphatic rings. The van der Waals surface area contributed by atoms with Gasteiger partial charge in [0.2, 0.25) is 5.52 Å². The molecule has 3 heteroatoms. The van der Waals surface area contributed by atoms with E-state index < -0.39 is 7.14 Å². The summed E-state index contributed by atoms with van der Waals surface area (Å²) in [4.78, 5) is 13.4. The van der Waals surface area contributed by atoms with Crippen LogP contribution in [-0.4, -0.2) is 17.3 Å². The van der Waals surface area contributed by atoms with E-state index >= 15 is 0 Å². The first-order chi connectivity index (χ1) is 10.8. The van der Waals surface area contributed by atoms with Crippen LogP contribution in [0.4, 0.5) is 0 Å². The van der Waals surface area contributed by atoms with Crippen LogP contribution in [0.5, 0.6) is 0 Å². The highest BCUT2D eigenvalue weighted by Gasteiger charge is 2.42. The second kappa shape index (κ2) is 7.34. The number of carbonyl (C=O) groups is 1. The fraction of sp³-hybridized carbons (Fsp3) is 0.650. The molecule has 0 saturated heterocycles. The van der Waals surface area contributed by atoms with Gasteiger partial charge in [-0.25, -0.2) is 0 Å². The van der Waals surface area contributed by atoms with Crippen LogP contribution < -0.4 is 0 Å². The van der Waals surface area contributed by atoms with E-state index in [4.69, 9.17) is 0 Å². The SMILES string of the molecule is Cc1cc(C)c(C(=O)P(=O)(CCC(C)C)C2CCCC2)c(C)c1. The van der Waals surface area contributed by atoms with Gasteiger partial charge in [-0.15, -0.1) is 0 Å². The molecule has 0 aliphatic heterocycles. The lowest BCUT2D eigenvalue weighted by atomic mass is 10.0. The summed E-state index contributed by atoms with van der Waals surface area (Å²) in [5, 5.41) is 0. The molecule has 128 valence electrons. The van der Waals surface area contributed by atoms with Crippen LogP contribution in [-0.2, 0) is 4.57 Å². The summed E-state index contributed by atoms with van der Waals surface area (Å²) in [6, 6.07) is 4.09. The molecule has 1 fully saturated rings. The average Bonchev–Trinajstić information content (AvgIpc) is 2.98. The Balaban J connectivity index is 2.42. The van der Waals surface area contributed by atoms with Crippen molar-refractivity contribution in [1.29, 1.82) is 0 Å². The maximum atomic E-state index is 13.9. The van der Waals surface area contributed by atoms with Crippen LogP contribution in [0.2, 0.25) is 0 Å². The van der Waals surface area contributed by atoms with Gasteiger partial charge in [-0.3, -0.25) is 4.79 Å². The van der Waals surface area contributed by atoms with Crippen molar-refractivity contribution in [3.63, 3.8) is 0 Å². The van der Waals surface area contributed by atoms with Crippen molar-refractivity contribution in [3.05, 3.63) is 34.4 Å². The zero-order valence-corrected chi connectivity index (χ0v) is 16.2. The molecular weight excluding hydrogens is 303 g/mol. The van der Waals surface area contributed by atoms with Gasteiger partial charge in [0.25, 0.3) is 0 Å². The quantitative estimate of drug-likeness (QED) is 0.589. The van der Waals surface area contributed by atoms with E-state index in [2.05, 4.69) is 13.8 Å². The minimum Gasteiger partial charge on any atom is -0.315 e. The molecule has 0 N–H and O–H groups in total. The first-order valence-corrected chi connectivity index (χ1v) is 10.9. The molecule has 0 amide bonds. The van der Waals surface area contributed by atoms with E-state index in [9.17, 15) is 9.36 Å². The summed E-state index contributed by atoms with van der Waals surface area (Å²) in [6.45, 7) is 10.3. The number of hydrogen-bond acceptors (Lipinski definition) is 2. The normalized spacial score (nSPS) is 18.3. The van der Waals surface area contributed by atoms with E-state index in [-0.39, 0.29) is 11.2 Å². The summed E-state index contributed by atoms with van der Waals surface area (Å²) < 4.78 is 13.9. The van der Waals surface area contributed by atoms with E-state index in [1.807, 2.05) is 32.9 Å². The maximum absolute atomic E-state index is 13.9. The summed E-state index contributed by atoms with van der Waals surface area (Å²) in [7, 11) is -2.84. The minimum absolute atomic E-state index is 0.0416. The molecule has 2 nitrogen and oxygen atoms in total. The Bertz CT molecular complexity index is 602. The lowest BCUT2D eigenvalue weighted by Gasteiger charge is -2.25. The Morgan fingerprint density at radius 2 is 1.65 bits per heavy atom. The Labute approximate surface area is 141 Å². The van der Waals surface area contributed by atoms with Crippen LogP contribution >= 0.6 is 7.14 Å². The zero-order chi connectivity index (χ0) is 17.2. The van der Waals surface area contributed by atoms with Crippen molar-refractivity contribution in [2.24, 2.45) is 5.92 Å². The van der Waals surface area contributed by atoms with Gasteiger partial charge in [0.1, 0.15) is 0 Å². The van der Waals surface area contributed by atoms with E-state index in [0.717, 1.165) is 54.4 Å². The molecule has 0 heterocycles. The van der Waals surface area contributed by atoms with Crippen molar-refractivity contribution < 1.29 is 9.36 Å². The number of hydrogen-bond donors (Lipinski definition) is 0. The molecule has 1 unspecified atom stereocenters. The van der Waals surface area contributed by atoms with Crippen molar-refractivity contribution in [2.75, 3.05) is 6.16 Å². The van der Waals surface area contributed by atoms with Crippen molar-refractivity contribution in [2.45, 2.75) is 72.4 Å². The zero-order valence-electron chi connectivity index (χ0n) is 15.3. The number of carbonyl (C=O) groups excluding carboxylic acids is 1. The van der Waals surface area contributed by atoms with Crippen molar-refractivity contribution in [1.82, 2.24) is 0 Å². The molecule has 1 atom stereocenters. The fourth-order valence-corrected chi connectivity index (χ4v) is 7.66. The summed E-state index contributed by atoms with van der Waals surface area (Å²) in [5.74, 6) is 0.484. The van der Waals surface area contributed by atoms with Crippen LogP contribution in [0.15, 0.2) is 12.1 Å². The lowest BCUT2D eigenvalue weighted by molar-refractivity contribution is 0.107. The lowest BCUT2D eigenvalue weighted by Crippen LogP contribution is -2.18. The fourth-order valence-electron chi connectivity index (χ4n) is 3.93. The first kappa shape index (κ1) is 18.5. The largest absolute Gasteiger partial charge is 0.315 e. The molecule has 0 radical (unpaired) electrons. The number of rotatable bonds is 6. The van der Waals surface area contributed by atoms with Gasteiger partial charge in [0.05, 0.1) is 0 Å². The molecule has 2 rings (SSSR count). The highest BCUT2D eigenvalue weighted by atomic mass is 31.2. The Morgan fingerprint density at radius 3 is 2.13 bits per heavy atom. The van der Waals surface area contributed by atoms with Crippen molar-refractivity contribution >= 4 is 12.7 Å². The minimum atomic E-state index is -2.84. The summed E-state index contributed by atoms with van der Waals surface area (Å²) >= 11 is 0. The van der Waals surface area contributed by atoms with E-state index in [0.29, 0.717) is 12.1 Å². The second-order valence-corrected chi connectivity index (χ2v) is 10.9. The van der Waals surface area contributed by atoms with Crippen LogP contribution in [0, 0.1) is 26.7 Å². The van der Waals surface area contributed by atoms with Gasteiger partial charge >= 0.3 is 0 Å².